The van der Waals surface area contributed by atoms with Crippen LogP contribution in [0.4, 0.5) is 5.69 Å². The van der Waals surface area contributed by atoms with Crippen molar-refractivity contribution >= 4 is 31.0 Å². The van der Waals surface area contributed by atoms with Gasteiger partial charge in [-0.25, -0.2) is 4.79 Å². The van der Waals surface area contributed by atoms with Gasteiger partial charge in [0.25, 0.3) is 0 Å². The van der Waals surface area contributed by atoms with Gasteiger partial charge in [-0.3, -0.25) is 0 Å². The fraction of sp³-hybridized carbons (Fsp3) is 0.308. The lowest BCUT2D eigenvalue weighted by Gasteiger charge is -2.22. The Morgan fingerprint density at radius 3 is 2.30 bits per heavy atom. The lowest BCUT2D eigenvalue weighted by Crippen LogP contribution is -2.24. The molecule has 110 valence electrons. The zero-order valence-corrected chi connectivity index (χ0v) is 12.3. The number of anilines is 1. The second-order valence-electron chi connectivity index (χ2n) is 4.16. The van der Waals surface area contributed by atoms with E-state index in [-0.39, 0.29) is 10.9 Å². The number of carbonyl (C=O) groups is 1. The second-order valence-corrected chi connectivity index (χ2v) is 5.77. The van der Waals surface area contributed by atoms with E-state index in [2.05, 4.69) is 0 Å². The third-order valence-electron chi connectivity index (χ3n) is 2.87. The van der Waals surface area contributed by atoms with E-state index in [1.807, 2.05) is 18.7 Å². The molecule has 0 bridgehead atoms. The Balaban J connectivity index is 3.30. The summed E-state index contributed by atoms with van der Waals surface area (Å²) in [5, 5.41) is 8.56. The largest absolute Gasteiger partial charge is 0.478 e. The molecule has 0 aliphatic carbocycles. The predicted molar refractivity (Wildman–Crippen MR) is 79.9 cm³/mol. The van der Waals surface area contributed by atoms with Crippen molar-refractivity contribution in [3.05, 3.63) is 29.8 Å². The van der Waals surface area contributed by atoms with Crippen LogP contribution in [0.25, 0.3) is 6.08 Å². The lowest BCUT2D eigenvalue weighted by molar-refractivity contribution is -0.131. The molecule has 0 aromatic heterocycles. The van der Waals surface area contributed by atoms with E-state index >= 15 is 0 Å². The van der Waals surface area contributed by atoms with Crippen LogP contribution in [0.3, 0.4) is 0 Å². The molecule has 0 aliphatic rings. The van der Waals surface area contributed by atoms with Gasteiger partial charge < -0.3 is 10.0 Å². The van der Waals surface area contributed by atoms with Crippen molar-refractivity contribution in [2.24, 2.45) is 0 Å². The van der Waals surface area contributed by atoms with Crippen LogP contribution in [0.1, 0.15) is 19.4 Å². The first kappa shape index (κ1) is 16.6. The minimum absolute atomic E-state index is 0.0561. The fourth-order valence-corrected chi connectivity index (χ4v) is 2.68. The molecule has 0 aliphatic heterocycles. The Morgan fingerprint density at radius 1 is 1.25 bits per heavy atom. The summed E-state index contributed by atoms with van der Waals surface area (Å²) in [7, 11) is -4.22. The zero-order chi connectivity index (χ0) is 15.3. The molecule has 4 N–H and O–H groups in total. The van der Waals surface area contributed by atoms with Crippen LogP contribution < -0.4 is 10.2 Å². The van der Waals surface area contributed by atoms with Crippen molar-refractivity contribution < 1.29 is 24.6 Å². The molecule has 1 aromatic rings. The number of carboxylic acid groups (broad SMARTS) is 1. The van der Waals surface area contributed by atoms with E-state index in [4.69, 9.17) is 5.11 Å². The molecular weight excluding hydrogens is 281 g/mol. The van der Waals surface area contributed by atoms with Crippen LogP contribution in [0, 0.1) is 0 Å². The van der Waals surface area contributed by atoms with E-state index in [1.54, 1.807) is 12.1 Å². The highest BCUT2D eigenvalue weighted by Crippen LogP contribution is 2.45. The van der Waals surface area contributed by atoms with Crippen LogP contribution in [-0.2, 0) is 4.79 Å². The summed E-state index contributed by atoms with van der Waals surface area (Å²) in [5.41, 5.74) is 1.00. The number of aliphatic carboxylic acids is 1. The Hall–Kier alpha value is -1.46. The first-order valence-corrected chi connectivity index (χ1v) is 7.82. The monoisotopic (exact) mass is 300 g/mol. The third kappa shape index (κ3) is 4.28. The van der Waals surface area contributed by atoms with Crippen molar-refractivity contribution in [3.8, 4) is 0 Å². The minimum atomic E-state index is -4.22. The van der Waals surface area contributed by atoms with Gasteiger partial charge in [0.05, 0.1) is 0 Å². The minimum Gasteiger partial charge on any atom is -0.478 e. The highest BCUT2D eigenvalue weighted by molar-refractivity contribution is 7.66. The molecule has 7 heteroatoms. The van der Waals surface area contributed by atoms with E-state index < -0.39 is 13.9 Å². The number of carboxylic acids is 1. The quantitative estimate of drug-likeness (QED) is 0.462. The van der Waals surface area contributed by atoms with E-state index in [1.165, 1.54) is 12.1 Å². The maximum Gasteiger partial charge on any atom is 0.441 e. The summed E-state index contributed by atoms with van der Waals surface area (Å²) in [6.45, 7) is 5.38. The molecule has 6 nitrogen and oxygen atoms in total. The van der Waals surface area contributed by atoms with E-state index in [0.717, 1.165) is 24.9 Å². The summed E-state index contributed by atoms with van der Waals surface area (Å²) < 4.78 is 0. The number of hydrogen-bond acceptors (Lipinski definition) is 5. The molecule has 0 heterocycles. The summed E-state index contributed by atoms with van der Waals surface area (Å²) in [4.78, 5) is 41.0. The summed E-state index contributed by atoms with van der Waals surface area (Å²) in [6, 6.07) is 4.77. The molecule has 0 saturated carbocycles. The maximum atomic E-state index is 10.5. The van der Waals surface area contributed by atoms with Crippen molar-refractivity contribution in [3.63, 3.8) is 0 Å². The van der Waals surface area contributed by atoms with Gasteiger partial charge in [0.2, 0.25) is 0 Å². The molecule has 0 atom stereocenters. The molecule has 0 radical (unpaired) electrons. The van der Waals surface area contributed by atoms with Gasteiger partial charge in [-0.05, 0) is 32.1 Å². The molecule has 1 rings (SSSR count). The van der Waals surface area contributed by atoms with E-state index in [9.17, 15) is 19.5 Å². The van der Waals surface area contributed by atoms with Gasteiger partial charge in [0, 0.05) is 36.5 Å². The Labute approximate surface area is 118 Å². The first-order valence-electron chi connectivity index (χ1n) is 6.17. The van der Waals surface area contributed by atoms with Crippen LogP contribution >= 0.6 is 7.94 Å². The maximum absolute atomic E-state index is 10.5. The molecule has 0 saturated heterocycles. The number of hydrogen-bond donors (Lipinski definition) is 4. The molecule has 1 aromatic carbocycles. The molecule has 0 spiro atoms. The molecule has 0 unspecified atom stereocenters. The van der Waals surface area contributed by atoms with Crippen LogP contribution in [0.5, 0.6) is 0 Å². The summed E-state index contributed by atoms with van der Waals surface area (Å²) >= 11 is 0. The van der Waals surface area contributed by atoms with Crippen LogP contribution in [-0.4, -0.2) is 38.8 Å². The number of benzene rings is 1. The Kier molecular flexibility index (Phi) is 5.65. The van der Waals surface area contributed by atoms with Gasteiger partial charge in [-0.15, -0.1) is 0 Å². The molecule has 20 heavy (non-hydrogen) atoms. The molecule has 0 fully saturated rings. The number of rotatable bonds is 6. The Morgan fingerprint density at radius 2 is 1.85 bits per heavy atom. The smallest absolute Gasteiger partial charge is 0.441 e. The van der Waals surface area contributed by atoms with Gasteiger partial charge >= 0.3 is 13.9 Å². The van der Waals surface area contributed by atoms with Crippen molar-refractivity contribution in [1.29, 1.82) is 0 Å². The predicted octanol–water partition coefficient (Wildman–Crippen LogP) is 0.995. The van der Waals surface area contributed by atoms with Crippen LogP contribution in [0.2, 0.25) is 0 Å². The van der Waals surface area contributed by atoms with Gasteiger partial charge in [0.1, 0.15) is 0 Å². The summed E-state index contributed by atoms with van der Waals surface area (Å²) in [5.74, 6) is -1.15. The van der Waals surface area contributed by atoms with Crippen molar-refractivity contribution in [2.75, 3.05) is 18.0 Å². The zero-order valence-electron chi connectivity index (χ0n) is 11.4. The van der Waals surface area contributed by atoms with Crippen molar-refractivity contribution in [1.82, 2.24) is 0 Å². The van der Waals surface area contributed by atoms with Crippen LogP contribution in [0.15, 0.2) is 24.3 Å². The average molecular weight is 300 g/mol. The molecule has 0 amide bonds. The van der Waals surface area contributed by atoms with Gasteiger partial charge in [-0.1, -0.05) is 0 Å². The highest BCUT2D eigenvalue weighted by atomic mass is 31.2. The van der Waals surface area contributed by atoms with E-state index in [0.29, 0.717) is 0 Å². The Bertz CT molecular complexity index is 506. The number of nitrogens with zero attached hydrogens (tertiary/aromatic N) is 1. The summed E-state index contributed by atoms with van der Waals surface area (Å²) in [6.07, 6.45) is 2.10. The van der Waals surface area contributed by atoms with Gasteiger partial charge in [0.15, 0.2) is 5.30 Å². The lowest BCUT2D eigenvalue weighted by atomic mass is 10.1. The standard InChI is InChI=1S/C13H18NO5P/c1-3-14(4-2)11-7-5-10(6-8-13(15)16)12(9-11)20(17,18)19/h5-9,17-19H,3-4H2,1-2H3/p+1. The second kappa shape index (κ2) is 6.81. The first-order chi connectivity index (χ1) is 9.29. The van der Waals surface area contributed by atoms with Crippen molar-refractivity contribution in [2.45, 2.75) is 13.8 Å². The topological polar surface area (TPSA) is 101 Å². The average Bonchev–Trinajstić information content (AvgIpc) is 2.37. The normalized spacial score (nSPS) is 11.8. The SMILES string of the molecule is CCN(CC)c1ccc(C=CC(=O)O)c([P+](O)(O)O)c1. The van der Waals surface area contributed by atoms with Gasteiger partial charge in [-0.2, -0.15) is 14.7 Å². The fourth-order valence-electron chi connectivity index (χ4n) is 1.88. The molecular formula is C13H19NO5P+. The third-order valence-corrected chi connectivity index (χ3v) is 3.90. The highest BCUT2D eigenvalue weighted by Gasteiger charge is 2.37.